The summed E-state index contributed by atoms with van der Waals surface area (Å²) >= 11 is 0. The van der Waals surface area contributed by atoms with Crippen molar-refractivity contribution in [1.82, 2.24) is 10.3 Å². The molecule has 0 saturated heterocycles. The molecule has 1 aliphatic rings. The number of amides is 2. The predicted molar refractivity (Wildman–Crippen MR) is 116 cm³/mol. The summed E-state index contributed by atoms with van der Waals surface area (Å²) in [5.74, 6) is -0.269. The average molecular weight is 385 g/mol. The zero-order valence-electron chi connectivity index (χ0n) is 16.3. The average Bonchev–Trinajstić information content (AvgIpc) is 3.26. The van der Waals surface area contributed by atoms with E-state index in [9.17, 15) is 9.59 Å². The summed E-state index contributed by atoms with van der Waals surface area (Å²) in [6.07, 6.45) is 3.61. The minimum atomic E-state index is -0.137. The first-order valence-corrected chi connectivity index (χ1v) is 9.76. The highest BCUT2D eigenvalue weighted by atomic mass is 16.2. The van der Waals surface area contributed by atoms with Crippen molar-refractivity contribution < 1.29 is 9.59 Å². The van der Waals surface area contributed by atoms with Gasteiger partial charge in [-0.05, 0) is 49.1 Å². The molecule has 4 rings (SSSR count). The number of carbonyl (C=O) groups excluding carboxylic acids is 2. The number of aromatic amines is 1. The van der Waals surface area contributed by atoms with Gasteiger partial charge in [-0.15, -0.1) is 0 Å². The summed E-state index contributed by atoms with van der Waals surface area (Å²) in [6.45, 7) is 2.53. The first kappa shape index (κ1) is 18.7. The van der Waals surface area contributed by atoms with Crippen LogP contribution < -0.4 is 10.6 Å². The van der Waals surface area contributed by atoms with E-state index >= 15 is 0 Å². The minimum absolute atomic E-state index is 0.132. The molecule has 0 bridgehead atoms. The third kappa shape index (κ3) is 4.14. The first-order chi connectivity index (χ1) is 14.1. The molecule has 0 spiro atoms. The maximum Gasteiger partial charge on any atom is 0.267 e. The van der Waals surface area contributed by atoms with Crippen molar-refractivity contribution in [2.75, 3.05) is 11.9 Å². The number of carbonyl (C=O) groups is 2. The second kappa shape index (κ2) is 8.19. The van der Waals surface area contributed by atoms with Crippen LogP contribution in [-0.2, 0) is 11.2 Å². The summed E-state index contributed by atoms with van der Waals surface area (Å²) in [6, 6.07) is 19.6. The Balaban J connectivity index is 1.41. The van der Waals surface area contributed by atoms with Crippen LogP contribution in [0.3, 0.4) is 0 Å². The maximum absolute atomic E-state index is 12.5. The highest BCUT2D eigenvalue weighted by molar-refractivity contribution is 6.34. The van der Waals surface area contributed by atoms with Crippen LogP contribution in [0.15, 0.2) is 60.7 Å². The molecule has 0 atom stereocenters. The van der Waals surface area contributed by atoms with Crippen molar-refractivity contribution in [3.8, 4) is 0 Å². The lowest BCUT2D eigenvalue weighted by molar-refractivity contribution is -0.110. The van der Waals surface area contributed by atoms with Crippen molar-refractivity contribution in [2.45, 2.75) is 19.8 Å². The summed E-state index contributed by atoms with van der Waals surface area (Å²) in [5, 5.41) is 5.82. The normalized spacial score (nSPS) is 14.0. The summed E-state index contributed by atoms with van der Waals surface area (Å²) in [4.78, 5) is 27.9. The Hall–Kier alpha value is -3.60. The van der Waals surface area contributed by atoms with Gasteiger partial charge in [-0.25, -0.2) is 0 Å². The van der Waals surface area contributed by atoms with Gasteiger partial charge in [-0.3, -0.25) is 9.59 Å². The lowest BCUT2D eigenvalue weighted by Gasteiger charge is -2.04. The van der Waals surface area contributed by atoms with E-state index in [2.05, 4.69) is 27.8 Å². The summed E-state index contributed by atoms with van der Waals surface area (Å²) < 4.78 is 0. The Bertz CT molecular complexity index is 1080. The number of benzene rings is 2. The van der Waals surface area contributed by atoms with Gasteiger partial charge < -0.3 is 15.6 Å². The molecule has 2 heterocycles. The molecule has 3 aromatic rings. The largest absolute Gasteiger partial charge is 0.351 e. The molecular formula is C24H23N3O2. The van der Waals surface area contributed by atoms with Crippen molar-refractivity contribution in [1.29, 1.82) is 0 Å². The Labute approximate surface area is 169 Å². The van der Waals surface area contributed by atoms with Gasteiger partial charge in [0.1, 0.15) is 5.69 Å². The number of aromatic nitrogens is 1. The molecule has 0 aliphatic carbocycles. The Kier molecular flexibility index (Phi) is 5.29. The lowest BCUT2D eigenvalue weighted by atomic mass is 10.1. The number of hydrogen-bond acceptors (Lipinski definition) is 2. The van der Waals surface area contributed by atoms with Gasteiger partial charge in [0.05, 0.1) is 5.57 Å². The topological polar surface area (TPSA) is 74.0 Å². The van der Waals surface area contributed by atoms with Gasteiger partial charge in [0.15, 0.2) is 0 Å². The SMILES string of the molecule is Cc1cc(C(=O)NCCCc2ccccc2)[nH]c1/C=C1/C(=O)Nc2ccccc21. The molecule has 0 radical (unpaired) electrons. The molecule has 5 nitrogen and oxygen atoms in total. The fraction of sp³-hybridized carbons (Fsp3) is 0.167. The van der Waals surface area contributed by atoms with E-state index in [-0.39, 0.29) is 11.8 Å². The monoisotopic (exact) mass is 385 g/mol. The third-order valence-electron chi connectivity index (χ3n) is 5.07. The number of aryl methyl sites for hydroxylation is 2. The van der Waals surface area contributed by atoms with Crippen LogP contribution in [0.5, 0.6) is 0 Å². The molecule has 1 aromatic heterocycles. The third-order valence-corrected chi connectivity index (χ3v) is 5.07. The van der Waals surface area contributed by atoms with Crippen LogP contribution >= 0.6 is 0 Å². The van der Waals surface area contributed by atoms with Crippen LogP contribution in [-0.4, -0.2) is 23.3 Å². The summed E-state index contributed by atoms with van der Waals surface area (Å²) in [5.41, 5.74) is 5.73. The van der Waals surface area contributed by atoms with Crippen LogP contribution in [0, 0.1) is 6.92 Å². The van der Waals surface area contributed by atoms with E-state index in [0.717, 1.165) is 35.3 Å². The fourth-order valence-electron chi connectivity index (χ4n) is 3.51. The van der Waals surface area contributed by atoms with E-state index in [4.69, 9.17) is 0 Å². The van der Waals surface area contributed by atoms with Crippen molar-refractivity contribution in [3.63, 3.8) is 0 Å². The molecule has 2 aromatic carbocycles. The number of anilines is 1. The highest BCUT2D eigenvalue weighted by Crippen LogP contribution is 2.33. The molecule has 146 valence electrons. The highest BCUT2D eigenvalue weighted by Gasteiger charge is 2.24. The van der Waals surface area contributed by atoms with E-state index < -0.39 is 0 Å². The van der Waals surface area contributed by atoms with Crippen LogP contribution in [0.4, 0.5) is 5.69 Å². The molecule has 5 heteroatoms. The number of rotatable bonds is 6. The Morgan fingerprint density at radius 3 is 2.66 bits per heavy atom. The van der Waals surface area contributed by atoms with Crippen LogP contribution in [0.25, 0.3) is 11.6 Å². The molecule has 0 fully saturated rings. The van der Waals surface area contributed by atoms with Gasteiger partial charge in [0.2, 0.25) is 0 Å². The van der Waals surface area contributed by atoms with Crippen molar-refractivity contribution >= 4 is 29.2 Å². The molecule has 2 amide bonds. The standard InChI is InChI=1S/C24H23N3O2/c1-16-14-22(24(29)25-13-7-10-17-8-3-2-4-9-17)26-21(16)15-19-18-11-5-6-12-20(18)27-23(19)28/h2-6,8-9,11-12,14-15,26H,7,10,13H2,1H3,(H,25,29)(H,27,28)/b19-15+. The van der Waals surface area contributed by atoms with Crippen LogP contribution in [0.2, 0.25) is 0 Å². The number of nitrogens with one attached hydrogen (secondary N) is 3. The number of fused-ring (bicyclic) bond motifs is 1. The molecular weight excluding hydrogens is 362 g/mol. The van der Waals surface area contributed by atoms with Gasteiger partial charge in [0.25, 0.3) is 11.8 Å². The molecule has 3 N–H and O–H groups in total. The van der Waals surface area contributed by atoms with Crippen molar-refractivity contribution in [3.05, 3.63) is 88.7 Å². The molecule has 29 heavy (non-hydrogen) atoms. The molecule has 0 saturated carbocycles. The van der Waals surface area contributed by atoms with E-state index in [1.54, 1.807) is 0 Å². The smallest absolute Gasteiger partial charge is 0.267 e. The molecule has 1 aliphatic heterocycles. The number of para-hydroxylation sites is 1. The van der Waals surface area contributed by atoms with Crippen LogP contribution in [0.1, 0.15) is 39.3 Å². The van der Waals surface area contributed by atoms with E-state index in [1.165, 1.54) is 5.56 Å². The maximum atomic E-state index is 12.5. The zero-order chi connectivity index (χ0) is 20.2. The van der Waals surface area contributed by atoms with Gasteiger partial charge >= 0.3 is 0 Å². The number of hydrogen-bond donors (Lipinski definition) is 3. The first-order valence-electron chi connectivity index (χ1n) is 9.76. The second-order valence-corrected chi connectivity index (χ2v) is 7.18. The van der Waals surface area contributed by atoms with E-state index in [1.807, 2.05) is 61.5 Å². The Morgan fingerprint density at radius 2 is 1.83 bits per heavy atom. The van der Waals surface area contributed by atoms with Crippen molar-refractivity contribution in [2.24, 2.45) is 0 Å². The fourth-order valence-corrected chi connectivity index (χ4v) is 3.51. The zero-order valence-corrected chi connectivity index (χ0v) is 16.3. The van der Waals surface area contributed by atoms with Gasteiger partial charge in [-0.2, -0.15) is 0 Å². The quantitative estimate of drug-likeness (QED) is 0.440. The number of H-pyrrole nitrogens is 1. The van der Waals surface area contributed by atoms with Gasteiger partial charge in [0, 0.05) is 23.5 Å². The Morgan fingerprint density at radius 1 is 1.07 bits per heavy atom. The predicted octanol–water partition coefficient (Wildman–Crippen LogP) is 4.18. The molecule has 0 unspecified atom stereocenters. The van der Waals surface area contributed by atoms with E-state index in [0.29, 0.717) is 17.8 Å². The minimum Gasteiger partial charge on any atom is -0.351 e. The summed E-state index contributed by atoms with van der Waals surface area (Å²) in [7, 11) is 0. The second-order valence-electron chi connectivity index (χ2n) is 7.18. The van der Waals surface area contributed by atoms with Gasteiger partial charge in [-0.1, -0.05) is 48.5 Å². The lowest BCUT2D eigenvalue weighted by Crippen LogP contribution is -2.25.